The zero-order chi connectivity index (χ0) is 22.2. The molecule has 160 valence electrons. The highest BCUT2D eigenvalue weighted by atomic mass is 19.1. The highest BCUT2D eigenvalue weighted by Crippen LogP contribution is 2.18. The van der Waals surface area contributed by atoms with Gasteiger partial charge in [0.1, 0.15) is 5.82 Å². The second-order valence-electron chi connectivity index (χ2n) is 7.02. The highest BCUT2D eigenvalue weighted by Gasteiger charge is 2.19. The molecule has 0 saturated carbocycles. The van der Waals surface area contributed by atoms with Gasteiger partial charge >= 0.3 is 5.97 Å². The summed E-state index contributed by atoms with van der Waals surface area (Å²) in [5.74, 6) is -1.54. The summed E-state index contributed by atoms with van der Waals surface area (Å²) in [6, 6.07) is 18.0. The first-order valence-electron chi connectivity index (χ1n) is 9.85. The van der Waals surface area contributed by atoms with E-state index >= 15 is 0 Å². The highest BCUT2D eigenvalue weighted by molar-refractivity contribution is 5.98. The number of carbonyl (C=O) groups excluding carboxylic acids is 3. The minimum absolute atomic E-state index is 0.0260. The molecule has 2 N–H and O–H groups in total. The van der Waals surface area contributed by atoms with Gasteiger partial charge in [-0.3, -0.25) is 14.4 Å². The first-order valence-corrected chi connectivity index (χ1v) is 9.85. The quantitative estimate of drug-likeness (QED) is 0.544. The number of fused-ring (bicyclic) bond motifs is 1. The van der Waals surface area contributed by atoms with Crippen molar-refractivity contribution in [3.8, 4) is 0 Å². The Morgan fingerprint density at radius 3 is 2.39 bits per heavy atom. The lowest BCUT2D eigenvalue weighted by molar-refractivity contribution is -0.141. The average molecular weight is 422 g/mol. The molecule has 0 radical (unpaired) electrons. The van der Waals surface area contributed by atoms with Gasteiger partial charge in [-0.15, -0.1) is 0 Å². The minimum Gasteiger partial charge on any atom is -0.469 e. The van der Waals surface area contributed by atoms with E-state index in [0.29, 0.717) is 11.1 Å². The van der Waals surface area contributed by atoms with E-state index < -0.39 is 17.8 Å². The van der Waals surface area contributed by atoms with Crippen LogP contribution in [0.1, 0.15) is 34.8 Å². The summed E-state index contributed by atoms with van der Waals surface area (Å²) >= 11 is 0. The number of ether oxygens (including phenoxy) is 1. The molecule has 0 heterocycles. The molecule has 0 aliphatic rings. The van der Waals surface area contributed by atoms with Crippen molar-refractivity contribution in [3.63, 3.8) is 0 Å². The van der Waals surface area contributed by atoms with E-state index in [1.54, 1.807) is 12.1 Å². The maximum absolute atomic E-state index is 13.2. The molecule has 1 atom stereocenters. The van der Waals surface area contributed by atoms with Crippen LogP contribution in [0.15, 0.2) is 66.7 Å². The largest absolute Gasteiger partial charge is 0.469 e. The lowest BCUT2D eigenvalue weighted by Crippen LogP contribution is -2.34. The smallest absolute Gasteiger partial charge is 0.307 e. The number of nitrogens with one attached hydrogen (secondary N) is 2. The first kappa shape index (κ1) is 22.0. The van der Waals surface area contributed by atoms with Gasteiger partial charge < -0.3 is 15.4 Å². The molecule has 0 aliphatic carbocycles. The number of carbonyl (C=O) groups is 3. The van der Waals surface area contributed by atoms with Crippen molar-refractivity contribution < 1.29 is 23.5 Å². The Balaban J connectivity index is 1.55. The molecular weight excluding hydrogens is 399 g/mol. The predicted molar refractivity (Wildman–Crippen MR) is 115 cm³/mol. The fourth-order valence-electron chi connectivity index (χ4n) is 3.19. The molecule has 0 aromatic heterocycles. The van der Waals surface area contributed by atoms with E-state index in [-0.39, 0.29) is 31.2 Å². The maximum Gasteiger partial charge on any atom is 0.307 e. The first-order chi connectivity index (χ1) is 15.0. The number of amides is 2. The summed E-state index contributed by atoms with van der Waals surface area (Å²) in [5.41, 5.74) is 1.09. The molecule has 0 bridgehead atoms. The number of hydrogen-bond acceptors (Lipinski definition) is 4. The van der Waals surface area contributed by atoms with E-state index in [1.807, 2.05) is 30.3 Å². The van der Waals surface area contributed by atoms with E-state index in [0.717, 1.165) is 10.8 Å². The molecule has 7 heteroatoms. The van der Waals surface area contributed by atoms with Crippen LogP contribution in [0.5, 0.6) is 0 Å². The van der Waals surface area contributed by atoms with Crippen LogP contribution in [0.3, 0.4) is 0 Å². The summed E-state index contributed by atoms with van der Waals surface area (Å²) in [6.07, 6.45) is -0.0600. The van der Waals surface area contributed by atoms with Crippen molar-refractivity contribution in [1.29, 1.82) is 0 Å². The van der Waals surface area contributed by atoms with Crippen molar-refractivity contribution in [2.75, 3.05) is 13.7 Å². The van der Waals surface area contributed by atoms with Gasteiger partial charge in [0.25, 0.3) is 5.91 Å². The predicted octanol–water partition coefficient (Wildman–Crippen LogP) is 3.52. The Labute approximate surface area is 179 Å². The Morgan fingerprint density at radius 1 is 0.968 bits per heavy atom. The minimum atomic E-state index is -0.656. The normalized spacial score (nSPS) is 11.5. The van der Waals surface area contributed by atoms with Crippen LogP contribution in [0.25, 0.3) is 10.8 Å². The van der Waals surface area contributed by atoms with Gasteiger partial charge in [0.2, 0.25) is 5.91 Å². The molecule has 0 aliphatic heterocycles. The summed E-state index contributed by atoms with van der Waals surface area (Å²) in [6.45, 7) is 0.131. The molecule has 0 saturated heterocycles. The van der Waals surface area contributed by atoms with Crippen LogP contribution in [-0.4, -0.2) is 31.4 Å². The van der Waals surface area contributed by atoms with Gasteiger partial charge in [0.05, 0.1) is 19.6 Å². The number of methoxy groups -OCH3 is 1. The van der Waals surface area contributed by atoms with Crippen molar-refractivity contribution in [2.45, 2.75) is 18.9 Å². The van der Waals surface area contributed by atoms with Gasteiger partial charge in [-0.25, -0.2) is 4.39 Å². The Morgan fingerprint density at radius 2 is 1.68 bits per heavy atom. The Kier molecular flexibility index (Phi) is 7.32. The standard InChI is InChI=1S/C24H23FN2O4/c1-31-23(29)15-21(17-8-10-20(25)11-9-17)27-22(28)12-13-26-24(30)19-7-6-16-4-2-3-5-18(16)14-19/h2-11,14,21H,12-13,15H2,1H3,(H,26,30)(H,27,28). The SMILES string of the molecule is COC(=O)CC(NC(=O)CCNC(=O)c1ccc2ccccc2c1)c1ccc(F)cc1. The van der Waals surface area contributed by atoms with E-state index in [4.69, 9.17) is 0 Å². The van der Waals surface area contributed by atoms with Gasteiger partial charge in [-0.05, 0) is 40.6 Å². The Hall–Kier alpha value is -3.74. The number of esters is 1. The van der Waals surface area contributed by atoms with E-state index in [9.17, 15) is 18.8 Å². The molecule has 1 unspecified atom stereocenters. The van der Waals surface area contributed by atoms with Crippen LogP contribution in [0.4, 0.5) is 4.39 Å². The van der Waals surface area contributed by atoms with Gasteiger partial charge in [0.15, 0.2) is 0 Å². The fourth-order valence-corrected chi connectivity index (χ4v) is 3.19. The van der Waals surface area contributed by atoms with Crippen LogP contribution in [-0.2, 0) is 14.3 Å². The molecule has 0 spiro atoms. The summed E-state index contributed by atoms with van der Waals surface area (Å²) in [4.78, 5) is 36.5. The number of halogens is 1. The van der Waals surface area contributed by atoms with Crippen molar-refractivity contribution in [2.24, 2.45) is 0 Å². The third kappa shape index (κ3) is 6.12. The second-order valence-corrected chi connectivity index (χ2v) is 7.02. The van der Waals surface area contributed by atoms with Gasteiger partial charge in [-0.2, -0.15) is 0 Å². The van der Waals surface area contributed by atoms with Crippen molar-refractivity contribution in [1.82, 2.24) is 10.6 Å². The third-order valence-corrected chi connectivity index (χ3v) is 4.86. The number of benzene rings is 3. The molecule has 3 aromatic rings. The summed E-state index contributed by atoms with van der Waals surface area (Å²) in [7, 11) is 1.26. The van der Waals surface area contributed by atoms with Crippen LogP contribution in [0.2, 0.25) is 0 Å². The van der Waals surface area contributed by atoms with Crippen LogP contribution < -0.4 is 10.6 Å². The van der Waals surface area contributed by atoms with E-state index in [1.165, 1.54) is 31.4 Å². The third-order valence-electron chi connectivity index (χ3n) is 4.86. The zero-order valence-corrected chi connectivity index (χ0v) is 17.1. The zero-order valence-electron chi connectivity index (χ0n) is 17.1. The fraction of sp³-hybridized carbons (Fsp3) is 0.208. The number of hydrogen-bond donors (Lipinski definition) is 2. The molecule has 31 heavy (non-hydrogen) atoms. The van der Waals surface area contributed by atoms with Gasteiger partial charge in [-0.1, -0.05) is 42.5 Å². The summed E-state index contributed by atoms with van der Waals surface area (Å²) < 4.78 is 17.9. The molecule has 3 aromatic carbocycles. The van der Waals surface area contributed by atoms with Crippen molar-refractivity contribution in [3.05, 3.63) is 83.7 Å². The average Bonchev–Trinajstić information content (AvgIpc) is 2.78. The number of rotatable bonds is 8. The molecule has 6 nitrogen and oxygen atoms in total. The lowest BCUT2D eigenvalue weighted by atomic mass is 10.0. The Bertz CT molecular complexity index is 1080. The molecule has 0 fully saturated rings. The van der Waals surface area contributed by atoms with E-state index in [2.05, 4.69) is 15.4 Å². The summed E-state index contributed by atoms with van der Waals surface area (Å²) in [5, 5.41) is 7.46. The van der Waals surface area contributed by atoms with Crippen LogP contribution in [0, 0.1) is 5.82 Å². The van der Waals surface area contributed by atoms with Crippen molar-refractivity contribution >= 4 is 28.6 Å². The van der Waals surface area contributed by atoms with Crippen LogP contribution >= 0.6 is 0 Å². The molecule has 2 amide bonds. The molecular formula is C24H23FN2O4. The molecule has 3 rings (SSSR count). The van der Waals surface area contributed by atoms with Gasteiger partial charge in [0, 0.05) is 18.5 Å². The lowest BCUT2D eigenvalue weighted by Gasteiger charge is -2.18. The monoisotopic (exact) mass is 422 g/mol. The topological polar surface area (TPSA) is 84.5 Å². The maximum atomic E-state index is 13.2. The second kappa shape index (κ2) is 10.3.